The van der Waals surface area contributed by atoms with Gasteiger partial charge in [0.2, 0.25) is 5.89 Å². The predicted molar refractivity (Wildman–Crippen MR) is 49.7 cm³/mol. The summed E-state index contributed by atoms with van der Waals surface area (Å²) in [4.78, 5) is 4.11. The van der Waals surface area contributed by atoms with Gasteiger partial charge in [-0.25, -0.2) is 0 Å². The molecule has 14 heavy (non-hydrogen) atoms. The molecule has 1 saturated heterocycles. The molecule has 1 aliphatic rings. The van der Waals surface area contributed by atoms with E-state index >= 15 is 0 Å². The maximum atomic E-state index is 5.35. The molecule has 1 aromatic heterocycles. The molecule has 1 aromatic rings. The van der Waals surface area contributed by atoms with Crippen molar-refractivity contribution in [2.24, 2.45) is 0 Å². The van der Waals surface area contributed by atoms with Crippen molar-refractivity contribution in [1.82, 2.24) is 15.5 Å². The predicted octanol–water partition coefficient (Wildman–Crippen LogP) is 0.647. The van der Waals surface area contributed by atoms with Gasteiger partial charge in [-0.15, -0.1) is 0 Å². The van der Waals surface area contributed by atoms with E-state index in [0.717, 1.165) is 26.1 Å². The quantitative estimate of drug-likeness (QED) is 0.770. The number of nitrogens with zero attached hydrogens (tertiary/aromatic N) is 2. The van der Waals surface area contributed by atoms with Crippen molar-refractivity contribution in [3.8, 4) is 0 Å². The molecular formula is C9H15N3O2. The minimum Gasteiger partial charge on any atom is -0.380 e. The minimum atomic E-state index is 0.433. The second-order valence-corrected chi connectivity index (χ2v) is 3.52. The normalized spacial score (nSPS) is 22.5. The average molecular weight is 197 g/mol. The maximum absolute atomic E-state index is 5.35. The molecule has 0 saturated carbocycles. The Morgan fingerprint density at radius 2 is 2.50 bits per heavy atom. The largest absolute Gasteiger partial charge is 0.380 e. The fraction of sp³-hybridized carbons (Fsp3) is 0.778. The Kier molecular flexibility index (Phi) is 3.10. The molecule has 1 N–H and O–H groups in total. The van der Waals surface area contributed by atoms with Crippen LogP contribution in [0.4, 0.5) is 0 Å². The molecule has 1 atom stereocenters. The van der Waals surface area contributed by atoms with Gasteiger partial charge in [-0.3, -0.25) is 0 Å². The highest BCUT2D eigenvalue weighted by Gasteiger charge is 2.13. The first kappa shape index (κ1) is 9.61. The minimum absolute atomic E-state index is 0.433. The van der Waals surface area contributed by atoms with Gasteiger partial charge in [-0.2, -0.15) is 4.98 Å². The van der Waals surface area contributed by atoms with E-state index in [4.69, 9.17) is 9.26 Å². The SMILES string of the molecule is Cc1nc(CNC2CCCOC2)no1. The van der Waals surface area contributed by atoms with Crippen LogP contribution in [0.3, 0.4) is 0 Å². The fourth-order valence-corrected chi connectivity index (χ4v) is 1.55. The van der Waals surface area contributed by atoms with E-state index < -0.39 is 0 Å². The lowest BCUT2D eigenvalue weighted by molar-refractivity contribution is 0.0696. The van der Waals surface area contributed by atoms with Crippen LogP contribution in [0.5, 0.6) is 0 Å². The first-order valence-corrected chi connectivity index (χ1v) is 4.95. The number of aromatic nitrogens is 2. The number of hydrogen-bond acceptors (Lipinski definition) is 5. The van der Waals surface area contributed by atoms with Crippen molar-refractivity contribution >= 4 is 0 Å². The Morgan fingerprint density at radius 1 is 1.57 bits per heavy atom. The molecule has 1 fully saturated rings. The lowest BCUT2D eigenvalue weighted by Crippen LogP contribution is -2.36. The van der Waals surface area contributed by atoms with Gasteiger partial charge in [-0.1, -0.05) is 5.16 Å². The smallest absolute Gasteiger partial charge is 0.223 e. The molecule has 5 nitrogen and oxygen atoms in total. The molecule has 0 bridgehead atoms. The standard InChI is InChI=1S/C9H15N3O2/c1-7-11-9(12-14-7)5-10-8-3-2-4-13-6-8/h8,10H,2-6H2,1H3. The van der Waals surface area contributed by atoms with Crippen LogP contribution in [0.25, 0.3) is 0 Å². The first-order chi connectivity index (χ1) is 6.84. The van der Waals surface area contributed by atoms with Crippen LogP contribution >= 0.6 is 0 Å². The van der Waals surface area contributed by atoms with Crippen LogP contribution in [-0.2, 0) is 11.3 Å². The highest BCUT2D eigenvalue weighted by molar-refractivity contribution is 4.84. The molecule has 1 aliphatic heterocycles. The summed E-state index contributed by atoms with van der Waals surface area (Å²) in [6.07, 6.45) is 2.29. The van der Waals surface area contributed by atoms with E-state index in [2.05, 4.69) is 15.5 Å². The van der Waals surface area contributed by atoms with Crippen LogP contribution in [0.2, 0.25) is 0 Å². The number of ether oxygens (including phenoxy) is 1. The lowest BCUT2D eigenvalue weighted by atomic mass is 10.1. The highest BCUT2D eigenvalue weighted by atomic mass is 16.5. The topological polar surface area (TPSA) is 60.2 Å². The summed E-state index contributed by atoms with van der Waals surface area (Å²) < 4.78 is 10.2. The molecular weight excluding hydrogens is 182 g/mol. The molecule has 0 spiro atoms. The van der Waals surface area contributed by atoms with Crippen molar-refractivity contribution in [3.63, 3.8) is 0 Å². The summed E-state index contributed by atoms with van der Waals surface area (Å²) in [5, 5.41) is 7.15. The van der Waals surface area contributed by atoms with E-state index in [1.807, 2.05) is 0 Å². The molecule has 2 heterocycles. The van der Waals surface area contributed by atoms with Crippen molar-refractivity contribution in [1.29, 1.82) is 0 Å². The van der Waals surface area contributed by atoms with Crippen LogP contribution in [0.1, 0.15) is 24.6 Å². The van der Waals surface area contributed by atoms with E-state index in [0.29, 0.717) is 24.3 Å². The highest BCUT2D eigenvalue weighted by Crippen LogP contribution is 2.06. The third-order valence-electron chi connectivity index (χ3n) is 2.28. The summed E-state index contributed by atoms with van der Waals surface area (Å²) in [6.45, 7) is 4.13. The molecule has 78 valence electrons. The van der Waals surface area contributed by atoms with Crippen LogP contribution < -0.4 is 5.32 Å². The molecule has 0 radical (unpaired) electrons. The van der Waals surface area contributed by atoms with Gasteiger partial charge in [0.1, 0.15) is 0 Å². The van der Waals surface area contributed by atoms with Gasteiger partial charge in [0.15, 0.2) is 5.82 Å². The first-order valence-electron chi connectivity index (χ1n) is 4.95. The Morgan fingerprint density at radius 3 is 3.14 bits per heavy atom. The van der Waals surface area contributed by atoms with Gasteiger partial charge >= 0.3 is 0 Å². The zero-order valence-corrected chi connectivity index (χ0v) is 8.32. The van der Waals surface area contributed by atoms with Crippen LogP contribution in [0.15, 0.2) is 4.52 Å². The number of rotatable bonds is 3. The average Bonchev–Trinajstić information content (AvgIpc) is 2.63. The van der Waals surface area contributed by atoms with E-state index in [1.54, 1.807) is 6.92 Å². The van der Waals surface area contributed by atoms with Gasteiger partial charge in [0.05, 0.1) is 13.2 Å². The van der Waals surface area contributed by atoms with Gasteiger partial charge in [0.25, 0.3) is 0 Å². The van der Waals surface area contributed by atoms with Crippen molar-refractivity contribution in [2.45, 2.75) is 32.4 Å². The third kappa shape index (κ3) is 2.52. The van der Waals surface area contributed by atoms with E-state index in [-0.39, 0.29) is 0 Å². The van der Waals surface area contributed by atoms with Crippen LogP contribution in [-0.4, -0.2) is 29.4 Å². The molecule has 0 aliphatic carbocycles. The lowest BCUT2D eigenvalue weighted by Gasteiger charge is -2.22. The second kappa shape index (κ2) is 4.52. The third-order valence-corrected chi connectivity index (χ3v) is 2.28. The summed E-state index contributed by atoms with van der Waals surface area (Å²) >= 11 is 0. The number of hydrogen-bond donors (Lipinski definition) is 1. The second-order valence-electron chi connectivity index (χ2n) is 3.52. The van der Waals surface area contributed by atoms with Gasteiger partial charge in [-0.05, 0) is 12.8 Å². The van der Waals surface area contributed by atoms with Crippen molar-refractivity contribution < 1.29 is 9.26 Å². The fourth-order valence-electron chi connectivity index (χ4n) is 1.55. The van der Waals surface area contributed by atoms with Gasteiger partial charge in [0, 0.05) is 19.6 Å². The van der Waals surface area contributed by atoms with Crippen molar-refractivity contribution in [3.05, 3.63) is 11.7 Å². The number of nitrogens with one attached hydrogen (secondary N) is 1. The number of aryl methyl sites for hydroxylation is 1. The van der Waals surface area contributed by atoms with Gasteiger partial charge < -0.3 is 14.6 Å². The molecule has 2 rings (SSSR count). The zero-order chi connectivity index (χ0) is 9.80. The maximum Gasteiger partial charge on any atom is 0.223 e. The zero-order valence-electron chi connectivity index (χ0n) is 8.32. The van der Waals surface area contributed by atoms with E-state index in [1.165, 1.54) is 0 Å². The van der Waals surface area contributed by atoms with E-state index in [9.17, 15) is 0 Å². The molecule has 1 unspecified atom stereocenters. The summed E-state index contributed by atoms with van der Waals surface area (Å²) in [5.41, 5.74) is 0. The Labute approximate surface area is 82.8 Å². The Bertz CT molecular complexity index is 281. The van der Waals surface area contributed by atoms with Crippen LogP contribution in [0, 0.1) is 6.92 Å². The molecule has 5 heteroatoms. The summed E-state index contributed by atoms with van der Waals surface area (Å²) in [6, 6.07) is 0.433. The molecule has 0 aromatic carbocycles. The Hall–Kier alpha value is -0.940. The molecule has 0 amide bonds. The Balaban J connectivity index is 1.76. The van der Waals surface area contributed by atoms with Crippen molar-refractivity contribution in [2.75, 3.05) is 13.2 Å². The monoisotopic (exact) mass is 197 g/mol. The summed E-state index contributed by atoms with van der Waals surface area (Å²) in [5.74, 6) is 1.33. The summed E-state index contributed by atoms with van der Waals surface area (Å²) in [7, 11) is 0.